The Labute approximate surface area is 106 Å². The molecule has 0 radical (unpaired) electrons. The van der Waals surface area contributed by atoms with Crippen LogP contribution in [-0.2, 0) is 9.53 Å². The normalized spacial score (nSPS) is 18.8. The van der Waals surface area contributed by atoms with E-state index in [-0.39, 0.29) is 18.6 Å². The molecule has 2 atom stereocenters. The van der Waals surface area contributed by atoms with Crippen molar-refractivity contribution in [2.75, 3.05) is 24.7 Å². The van der Waals surface area contributed by atoms with Crippen LogP contribution in [0.15, 0.2) is 0 Å². The van der Waals surface area contributed by atoms with Crippen molar-refractivity contribution in [2.45, 2.75) is 38.0 Å². The van der Waals surface area contributed by atoms with Gasteiger partial charge >= 0.3 is 5.97 Å². The average Bonchev–Trinajstić information content (AvgIpc) is 3.11. The van der Waals surface area contributed by atoms with Gasteiger partial charge in [0.1, 0.15) is 6.04 Å². The van der Waals surface area contributed by atoms with Gasteiger partial charge in [0.05, 0.1) is 19.3 Å². The molecule has 0 saturated heterocycles. The standard InChI is InChI=1S/C11H21NO4S/c1-2-16-11(15)10(12-8-3-4-8)7-17-6-9(14)5-13/h8-10,12-14H,2-7H2,1H3. The van der Waals surface area contributed by atoms with Crippen molar-refractivity contribution in [1.82, 2.24) is 5.32 Å². The second-order valence-electron chi connectivity index (χ2n) is 4.12. The zero-order valence-corrected chi connectivity index (χ0v) is 10.9. The predicted molar refractivity (Wildman–Crippen MR) is 67.0 cm³/mol. The first-order valence-electron chi connectivity index (χ1n) is 5.96. The summed E-state index contributed by atoms with van der Waals surface area (Å²) in [5.41, 5.74) is 0. The second-order valence-corrected chi connectivity index (χ2v) is 5.19. The summed E-state index contributed by atoms with van der Waals surface area (Å²) in [6.07, 6.45) is 1.50. The number of hydrogen-bond donors (Lipinski definition) is 3. The van der Waals surface area contributed by atoms with Crippen LogP contribution in [0.5, 0.6) is 0 Å². The Morgan fingerprint density at radius 1 is 1.53 bits per heavy atom. The fourth-order valence-corrected chi connectivity index (χ4v) is 2.32. The Kier molecular flexibility index (Phi) is 6.87. The van der Waals surface area contributed by atoms with Gasteiger partial charge < -0.3 is 20.3 Å². The smallest absolute Gasteiger partial charge is 0.323 e. The van der Waals surface area contributed by atoms with Crippen LogP contribution in [0.4, 0.5) is 0 Å². The molecular weight excluding hydrogens is 242 g/mol. The summed E-state index contributed by atoms with van der Waals surface area (Å²) in [6.45, 7) is 1.92. The van der Waals surface area contributed by atoms with E-state index >= 15 is 0 Å². The molecule has 1 aliphatic carbocycles. The Bertz CT molecular complexity index is 236. The van der Waals surface area contributed by atoms with Crippen molar-refractivity contribution < 1.29 is 19.7 Å². The van der Waals surface area contributed by atoms with E-state index in [1.807, 2.05) is 0 Å². The van der Waals surface area contributed by atoms with Gasteiger partial charge in [0.2, 0.25) is 0 Å². The molecular formula is C11H21NO4S. The number of carbonyl (C=O) groups is 1. The Morgan fingerprint density at radius 3 is 2.76 bits per heavy atom. The zero-order valence-electron chi connectivity index (χ0n) is 10.1. The minimum absolute atomic E-state index is 0.231. The van der Waals surface area contributed by atoms with E-state index in [0.717, 1.165) is 12.8 Å². The highest BCUT2D eigenvalue weighted by Gasteiger charge is 2.29. The lowest BCUT2D eigenvalue weighted by Gasteiger charge is -2.17. The van der Waals surface area contributed by atoms with Gasteiger partial charge in [-0.3, -0.25) is 4.79 Å². The first kappa shape index (κ1) is 14.8. The van der Waals surface area contributed by atoms with E-state index in [4.69, 9.17) is 9.84 Å². The van der Waals surface area contributed by atoms with Gasteiger partial charge in [0.15, 0.2) is 0 Å². The molecule has 0 amide bonds. The van der Waals surface area contributed by atoms with Gasteiger partial charge in [-0.25, -0.2) is 0 Å². The van der Waals surface area contributed by atoms with Gasteiger partial charge in [0, 0.05) is 17.5 Å². The second kappa shape index (κ2) is 7.92. The number of aliphatic hydroxyl groups excluding tert-OH is 2. The minimum atomic E-state index is -0.719. The molecule has 0 aromatic heterocycles. The van der Waals surface area contributed by atoms with Gasteiger partial charge in [-0.05, 0) is 19.8 Å². The SMILES string of the molecule is CCOC(=O)C(CSCC(O)CO)NC1CC1. The summed E-state index contributed by atoms with van der Waals surface area (Å²) >= 11 is 1.44. The highest BCUT2D eigenvalue weighted by molar-refractivity contribution is 7.99. The Morgan fingerprint density at radius 2 is 2.24 bits per heavy atom. The van der Waals surface area contributed by atoms with E-state index in [9.17, 15) is 9.90 Å². The molecule has 0 heterocycles. The highest BCUT2D eigenvalue weighted by Crippen LogP contribution is 2.20. The van der Waals surface area contributed by atoms with Crippen molar-refractivity contribution in [2.24, 2.45) is 0 Å². The van der Waals surface area contributed by atoms with Crippen LogP contribution in [-0.4, -0.2) is 59.1 Å². The molecule has 0 aromatic carbocycles. The van der Waals surface area contributed by atoms with E-state index in [0.29, 0.717) is 24.2 Å². The van der Waals surface area contributed by atoms with Crippen LogP contribution in [0.2, 0.25) is 0 Å². The van der Waals surface area contributed by atoms with E-state index in [2.05, 4.69) is 5.32 Å². The number of esters is 1. The lowest BCUT2D eigenvalue weighted by Crippen LogP contribution is -2.41. The number of hydrogen-bond acceptors (Lipinski definition) is 6. The summed E-state index contributed by atoms with van der Waals surface area (Å²) in [5.74, 6) is 0.760. The van der Waals surface area contributed by atoms with Gasteiger partial charge in [-0.1, -0.05) is 0 Å². The monoisotopic (exact) mass is 263 g/mol. The third-order valence-electron chi connectivity index (χ3n) is 2.39. The molecule has 100 valence electrons. The molecule has 2 unspecified atom stereocenters. The Balaban J connectivity index is 2.26. The summed E-state index contributed by atoms with van der Waals surface area (Å²) in [7, 11) is 0. The topological polar surface area (TPSA) is 78.8 Å². The fourth-order valence-electron chi connectivity index (χ4n) is 1.34. The van der Waals surface area contributed by atoms with E-state index < -0.39 is 6.10 Å². The van der Waals surface area contributed by atoms with Crippen molar-refractivity contribution in [3.8, 4) is 0 Å². The number of carbonyl (C=O) groups excluding carboxylic acids is 1. The van der Waals surface area contributed by atoms with Crippen LogP contribution in [0.1, 0.15) is 19.8 Å². The molecule has 1 rings (SSSR count). The summed E-state index contributed by atoms with van der Waals surface area (Å²) in [5, 5.41) is 21.1. The first-order chi connectivity index (χ1) is 8.17. The van der Waals surface area contributed by atoms with E-state index in [1.165, 1.54) is 11.8 Å². The summed E-state index contributed by atoms with van der Waals surface area (Å²) < 4.78 is 4.99. The molecule has 1 fully saturated rings. The van der Waals surface area contributed by atoms with Gasteiger partial charge in [-0.2, -0.15) is 11.8 Å². The molecule has 0 spiro atoms. The van der Waals surface area contributed by atoms with Gasteiger partial charge in [0.25, 0.3) is 0 Å². The molecule has 0 aromatic rings. The maximum Gasteiger partial charge on any atom is 0.323 e. The molecule has 3 N–H and O–H groups in total. The van der Waals surface area contributed by atoms with Crippen molar-refractivity contribution in [3.63, 3.8) is 0 Å². The molecule has 5 nitrogen and oxygen atoms in total. The van der Waals surface area contributed by atoms with Crippen LogP contribution in [0.25, 0.3) is 0 Å². The highest BCUT2D eigenvalue weighted by atomic mass is 32.2. The van der Waals surface area contributed by atoms with E-state index in [1.54, 1.807) is 6.92 Å². The van der Waals surface area contributed by atoms with Crippen LogP contribution < -0.4 is 5.32 Å². The quantitative estimate of drug-likeness (QED) is 0.498. The number of aliphatic hydroxyl groups is 2. The van der Waals surface area contributed by atoms with Crippen LogP contribution in [0, 0.1) is 0 Å². The fraction of sp³-hybridized carbons (Fsp3) is 0.909. The third-order valence-corrected chi connectivity index (χ3v) is 3.58. The molecule has 0 aliphatic heterocycles. The lowest BCUT2D eigenvalue weighted by molar-refractivity contribution is -0.145. The van der Waals surface area contributed by atoms with Crippen molar-refractivity contribution >= 4 is 17.7 Å². The van der Waals surface area contributed by atoms with Crippen LogP contribution in [0.3, 0.4) is 0 Å². The zero-order chi connectivity index (χ0) is 12.7. The van der Waals surface area contributed by atoms with Gasteiger partial charge in [-0.15, -0.1) is 0 Å². The molecule has 1 saturated carbocycles. The van der Waals surface area contributed by atoms with Crippen molar-refractivity contribution in [1.29, 1.82) is 0 Å². The molecule has 17 heavy (non-hydrogen) atoms. The predicted octanol–water partition coefficient (Wildman–Crippen LogP) is -0.244. The number of nitrogens with one attached hydrogen (secondary N) is 1. The maximum atomic E-state index is 11.6. The molecule has 0 bridgehead atoms. The number of rotatable bonds is 9. The lowest BCUT2D eigenvalue weighted by atomic mass is 10.3. The summed E-state index contributed by atoms with van der Waals surface area (Å²) in [4.78, 5) is 11.6. The number of ether oxygens (including phenoxy) is 1. The minimum Gasteiger partial charge on any atom is -0.465 e. The molecule has 6 heteroatoms. The third kappa shape index (κ3) is 6.26. The van der Waals surface area contributed by atoms with Crippen LogP contribution >= 0.6 is 11.8 Å². The maximum absolute atomic E-state index is 11.6. The largest absolute Gasteiger partial charge is 0.465 e. The molecule has 1 aliphatic rings. The Hall–Kier alpha value is -0.300. The summed E-state index contributed by atoms with van der Waals surface area (Å²) in [6, 6.07) is 0.131. The number of thioether (sulfide) groups is 1. The first-order valence-corrected chi connectivity index (χ1v) is 7.12. The van der Waals surface area contributed by atoms with Crippen molar-refractivity contribution in [3.05, 3.63) is 0 Å². The average molecular weight is 263 g/mol.